The number of carbonyl (C=O) groups is 1. The molecule has 1 aromatic carbocycles. The normalized spacial score (nSPS) is 19.8. The second kappa shape index (κ2) is 8.38. The van der Waals surface area contributed by atoms with Crippen molar-refractivity contribution in [2.45, 2.75) is 58.5 Å². The van der Waals surface area contributed by atoms with Crippen LogP contribution < -0.4 is 10.1 Å². The molecule has 0 radical (unpaired) electrons. The van der Waals surface area contributed by atoms with E-state index in [4.69, 9.17) is 4.74 Å². The Morgan fingerprint density at radius 2 is 1.87 bits per heavy atom. The predicted octanol–water partition coefficient (Wildman–Crippen LogP) is 4.22. The highest BCUT2D eigenvalue weighted by molar-refractivity contribution is 5.92. The van der Waals surface area contributed by atoms with Crippen LogP contribution in [0, 0.1) is 13.8 Å². The molecule has 5 heteroatoms. The lowest BCUT2D eigenvalue weighted by atomic mass is 9.74. The third kappa shape index (κ3) is 3.83. The zero-order valence-corrected chi connectivity index (χ0v) is 18.6. The minimum Gasteiger partial charge on any atom is -0.487 e. The number of fused-ring (bicyclic) bond motifs is 1. The van der Waals surface area contributed by atoms with Gasteiger partial charge >= 0.3 is 0 Å². The fourth-order valence-corrected chi connectivity index (χ4v) is 4.87. The summed E-state index contributed by atoms with van der Waals surface area (Å²) in [7, 11) is 0. The molecule has 3 heterocycles. The summed E-state index contributed by atoms with van der Waals surface area (Å²) in [4.78, 5) is 19.1. The largest absolute Gasteiger partial charge is 0.487 e. The van der Waals surface area contributed by atoms with Gasteiger partial charge in [-0.05, 0) is 94.9 Å². The van der Waals surface area contributed by atoms with Crippen LogP contribution in [0.2, 0.25) is 0 Å². The van der Waals surface area contributed by atoms with E-state index in [1.165, 1.54) is 16.7 Å². The summed E-state index contributed by atoms with van der Waals surface area (Å²) >= 11 is 0. The van der Waals surface area contributed by atoms with E-state index in [0.29, 0.717) is 18.8 Å². The second-order valence-electron chi connectivity index (χ2n) is 8.72. The van der Waals surface area contributed by atoms with Crippen LogP contribution in [-0.4, -0.2) is 47.6 Å². The number of aromatic nitrogens is 1. The number of nitrogens with zero attached hydrogens (tertiary/aromatic N) is 2. The van der Waals surface area contributed by atoms with Gasteiger partial charge in [-0.3, -0.25) is 9.78 Å². The average Bonchev–Trinajstić information content (AvgIpc) is 2.76. The lowest BCUT2D eigenvalue weighted by Gasteiger charge is -2.45. The molecular formula is C25H33N3O2. The molecule has 160 valence electrons. The highest BCUT2D eigenvalue weighted by Gasteiger charge is 2.42. The summed E-state index contributed by atoms with van der Waals surface area (Å²) in [6.07, 6.45) is 4.74. The minimum absolute atomic E-state index is 0.00537. The molecule has 4 rings (SSSR count). The first kappa shape index (κ1) is 20.9. The van der Waals surface area contributed by atoms with Gasteiger partial charge in [0.05, 0.1) is 0 Å². The molecule has 1 unspecified atom stereocenters. The Balaban J connectivity index is 1.76. The number of piperidine rings is 1. The maximum absolute atomic E-state index is 12.9. The van der Waals surface area contributed by atoms with Crippen molar-refractivity contribution in [2.75, 3.05) is 26.2 Å². The summed E-state index contributed by atoms with van der Waals surface area (Å²) < 4.78 is 6.67. The van der Waals surface area contributed by atoms with Gasteiger partial charge in [0.2, 0.25) is 0 Å². The van der Waals surface area contributed by atoms with E-state index in [2.05, 4.69) is 42.3 Å². The molecule has 0 aliphatic carbocycles. The quantitative estimate of drug-likeness (QED) is 0.825. The van der Waals surface area contributed by atoms with Crippen LogP contribution in [-0.2, 0) is 0 Å². The van der Waals surface area contributed by atoms with Crippen LogP contribution in [0.15, 0.2) is 30.5 Å². The standard InChI is InChI=1S/C25H33N3O2/c1-5-28(6-2)24(29)22-15-19(7-10-27-22)21-16-25(8-11-26-12-9-25)30-23-14-18(4)17(3)13-20(21)23/h7,10,13-15,21,26H,5-6,8-9,11-12,16H2,1-4H3. The second-order valence-corrected chi connectivity index (χ2v) is 8.72. The Morgan fingerprint density at radius 3 is 2.57 bits per heavy atom. The Labute approximate surface area is 179 Å². The van der Waals surface area contributed by atoms with Gasteiger partial charge in [0.25, 0.3) is 5.91 Å². The van der Waals surface area contributed by atoms with Crippen molar-refractivity contribution >= 4 is 5.91 Å². The van der Waals surface area contributed by atoms with Gasteiger partial charge in [-0.2, -0.15) is 0 Å². The van der Waals surface area contributed by atoms with E-state index in [1.54, 1.807) is 6.20 Å². The van der Waals surface area contributed by atoms with Crippen molar-refractivity contribution in [3.63, 3.8) is 0 Å². The molecule has 1 aromatic heterocycles. The number of aryl methyl sites for hydroxylation is 2. The van der Waals surface area contributed by atoms with Crippen LogP contribution in [0.5, 0.6) is 5.75 Å². The SMILES string of the molecule is CCN(CC)C(=O)c1cc(C2CC3(CCNCC3)Oc3cc(C)c(C)cc32)ccn1. The van der Waals surface area contributed by atoms with Gasteiger partial charge < -0.3 is 15.0 Å². The number of ether oxygens (including phenoxy) is 1. The van der Waals surface area contributed by atoms with Gasteiger partial charge in [0.1, 0.15) is 17.0 Å². The Bertz CT molecular complexity index is 930. The molecule has 1 N–H and O–H groups in total. The number of carbonyl (C=O) groups excluding carboxylic acids is 1. The smallest absolute Gasteiger partial charge is 0.272 e. The fourth-order valence-electron chi connectivity index (χ4n) is 4.87. The van der Waals surface area contributed by atoms with Crippen molar-refractivity contribution in [3.8, 4) is 5.75 Å². The van der Waals surface area contributed by atoms with E-state index in [0.717, 1.165) is 43.7 Å². The number of hydrogen-bond acceptors (Lipinski definition) is 4. The number of benzene rings is 1. The lowest BCUT2D eigenvalue weighted by Crippen LogP contribution is -2.49. The minimum atomic E-state index is -0.142. The van der Waals surface area contributed by atoms with Gasteiger partial charge in [0.15, 0.2) is 0 Å². The molecule has 2 aliphatic heterocycles. The Kier molecular flexibility index (Phi) is 5.83. The molecule has 2 aromatic rings. The first-order valence-corrected chi connectivity index (χ1v) is 11.2. The number of rotatable bonds is 4. The van der Waals surface area contributed by atoms with Gasteiger partial charge in [-0.25, -0.2) is 0 Å². The third-order valence-corrected chi connectivity index (χ3v) is 6.88. The van der Waals surface area contributed by atoms with Crippen molar-refractivity contribution < 1.29 is 9.53 Å². The van der Waals surface area contributed by atoms with Crippen molar-refractivity contribution in [1.29, 1.82) is 0 Å². The van der Waals surface area contributed by atoms with E-state index in [-0.39, 0.29) is 17.4 Å². The summed E-state index contributed by atoms with van der Waals surface area (Å²) in [5.41, 5.74) is 5.31. The van der Waals surface area contributed by atoms with Crippen LogP contribution in [0.4, 0.5) is 0 Å². The first-order valence-electron chi connectivity index (χ1n) is 11.2. The van der Waals surface area contributed by atoms with Crippen LogP contribution in [0.3, 0.4) is 0 Å². The van der Waals surface area contributed by atoms with E-state index in [1.807, 2.05) is 24.8 Å². The zero-order chi connectivity index (χ0) is 21.3. The van der Waals surface area contributed by atoms with Gasteiger partial charge in [0, 0.05) is 30.8 Å². The monoisotopic (exact) mass is 407 g/mol. The lowest BCUT2D eigenvalue weighted by molar-refractivity contribution is 0.0113. The predicted molar refractivity (Wildman–Crippen MR) is 119 cm³/mol. The van der Waals surface area contributed by atoms with E-state index < -0.39 is 0 Å². The van der Waals surface area contributed by atoms with Crippen molar-refractivity contribution in [3.05, 3.63) is 58.4 Å². The highest BCUT2D eigenvalue weighted by Crippen LogP contribution is 2.48. The molecule has 0 saturated carbocycles. The topological polar surface area (TPSA) is 54.5 Å². The molecule has 1 saturated heterocycles. The van der Waals surface area contributed by atoms with Crippen LogP contribution in [0.1, 0.15) is 71.8 Å². The van der Waals surface area contributed by atoms with Crippen LogP contribution in [0.25, 0.3) is 0 Å². The van der Waals surface area contributed by atoms with E-state index >= 15 is 0 Å². The average molecular weight is 408 g/mol. The van der Waals surface area contributed by atoms with E-state index in [9.17, 15) is 4.79 Å². The molecule has 0 bridgehead atoms. The molecule has 5 nitrogen and oxygen atoms in total. The number of pyridine rings is 1. The Hall–Kier alpha value is -2.40. The molecule has 1 amide bonds. The molecule has 1 spiro atoms. The van der Waals surface area contributed by atoms with Crippen molar-refractivity contribution in [1.82, 2.24) is 15.2 Å². The summed E-state index contributed by atoms with van der Waals surface area (Å²) in [6, 6.07) is 8.55. The highest BCUT2D eigenvalue weighted by atomic mass is 16.5. The maximum Gasteiger partial charge on any atom is 0.272 e. The summed E-state index contributed by atoms with van der Waals surface area (Å²) in [5.74, 6) is 1.22. The molecule has 1 atom stereocenters. The van der Waals surface area contributed by atoms with Gasteiger partial charge in [-0.15, -0.1) is 0 Å². The molecule has 30 heavy (non-hydrogen) atoms. The maximum atomic E-state index is 12.9. The Morgan fingerprint density at radius 1 is 1.17 bits per heavy atom. The number of amides is 1. The van der Waals surface area contributed by atoms with Gasteiger partial charge in [-0.1, -0.05) is 6.07 Å². The summed E-state index contributed by atoms with van der Waals surface area (Å²) in [6.45, 7) is 11.7. The number of nitrogens with one attached hydrogen (secondary N) is 1. The fraction of sp³-hybridized carbons (Fsp3) is 0.520. The zero-order valence-electron chi connectivity index (χ0n) is 18.6. The molecule has 2 aliphatic rings. The number of hydrogen-bond donors (Lipinski definition) is 1. The first-order chi connectivity index (χ1) is 14.5. The molecule has 1 fully saturated rings. The van der Waals surface area contributed by atoms with Crippen LogP contribution >= 0.6 is 0 Å². The molecular weight excluding hydrogens is 374 g/mol. The van der Waals surface area contributed by atoms with Crippen molar-refractivity contribution in [2.24, 2.45) is 0 Å². The third-order valence-electron chi connectivity index (χ3n) is 6.88. The summed E-state index contributed by atoms with van der Waals surface area (Å²) in [5, 5.41) is 3.46.